The number of hydrogen-bond acceptors (Lipinski definition) is 5. The summed E-state index contributed by atoms with van der Waals surface area (Å²) in [5, 5.41) is 7.42. The maximum absolute atomic E-state index is 13.2. The van der Waals surface area contributed by atoms with Gasteiger partial charge in [-0.15, -0.1) is 0 Å². The van der Waals surface area contributed by atoms with Crippen molar-refractivity contribution in [2.24, 2.45) is 5.92 Å². The third kappa shape index (κ3) is 4.81. The zero-order valence-corrected chi connectivity index (χ0v) is 19.3. The highest BCUT2D eigenvalue weighted by molar-refractivity contribution is 7.89. The minimum Gasteiger partial charge on any atom is -0.349 e. The van der Waals surface area contributed by atoms with Crippen LogP contribution in [0.5, 0.6) is 0 Å². The molecule has 2 aromatic heterocycles. The van der Waals surface area contributed by atoms with Crippen molar-refractivity contribution in [3.63, 3.8) is 0 Å². The van der Waals surface area contributed by atoms with Crippen LogP contribution in [0.25, 0.3) is 5.69 Å². The molecule has 1 aliphatic heterocycles. The highest BCUT2D eigenvalue weighted by Crippen LogP contribution is 2.25. The van der Waals surface area contributed by atoms with E-state index < -0.39 is 10.0 Å². The fourth-order valence-electron chi connectivity index (χ4n) is 4.11. The van der Waals surface area contributed by atoms with E-state index in [1.54, 1.807) is 29.1 Å². The van der Waals surface area contributed by atoms with Crippen LogP contribution in [0.15, 0.2) is 59.9 Å². The van der Waals surface area contributed by atoms with E-state index >= 15 is 0 Å². The fraction of sp³-hybridized carbons (Fsp3) is 0.348. The molecule has 1 N–H and O–H groups in total. The van der Waals surface area contributed by atoms with Gasteiger partial charge in [0.1, 0.15) is 10.7 Å². The minimum atomic E-state index is -3.60. The van der Waals surface area contributed by atoms with Crippen molar-refractivity contribution in [3.05, 3.63) is 72.1 Å². The first kappa shape index (κ1) is 23.1. The van der Waals surface area contributed by atoms with Gasteiger partial charge in [-0.25, -0.2) is 17.5 Å². The molecule has 4 rings (SSSR count). The zero-order chi connectivity index (χ0) is 23.6. The third-order valence-corrected chi connectivity index (χ3v) is 7.92. The lowest BCUT2D eigenvalue weighted by molar-refractivity contribution is -0.126. The van der Waals surface area contributed by atoms with Crippen molar-refractivity contribution in [1.29, 1.82) is 0 Å². The molecular formula is C23H26FN5O3S. The molecule has 0 aliphatic carbocycles. The van der Waals surface area contributed by atoms with Gasteiger partial charge in [-0.05, 0) is 63.1 Å². The number of carbonyl (C=O) groups is 1. The van der Waals surface area contributed by atoms with Crippen molar-refractivity contribution >= 4 is 15.9 Å². The number of halogens is 1. The molecule has 0 bridgehead atoms. The maximum Gasteiger partial charge on any atom is 0.244 e. The minimum absolute atomic E-state index is 0.102. The molecule has 33 heavy (non-hydrogen) atoms. The Hall–Kier alpha value is -3.11. The number of carbonyl (C=O) groups excluding carboxylic acids is 1. The SMILES string of the molecule is Cc1c(C(C)NC(=O)C2CCN(S(=O)(=O)c3cccnc3)CC2)cnn1-c1ccc(F)cc1. The Kier molecular flexibility index (Phi) is 6.57. The van der Waals surface area contributed by atoms with Crippen molar-refractivity contribution in [2.75, 3.05) is 13.1 Å². The number of nitrogens with zero attached hydrogens (tertiary/aromatic N) is 4. The van der Waals surface area contributed by atoms with E-state index in [9.17, 15) is 17.6 Å². The van der Waals surface area contributed by atoms with E-state index in [1.165, 1.54) is 34.9 Å². The first-order valence-corrected chi connectivity index (χ1v) is 12.2. The topological polar surface area (TPSA) is 97.2 Å². The second-order valence-electron chi connectivity index (χ2n) is 8.17. The summed E-state index contributed by atoms with van der Waals surface area (Å²) in [5.41, 5.74) is 2.46. The normalized spacial score (nSPS) is 16.5. The highest BCUT2D eigenvalue weighted by Gasteiger charge is 2.32. The van der Waals surface area contributed by atoms with Gasteiger partial charge < -0.3 is 5.32 Å². The van der Waals surface area contributed by atoms with E-state index in [0.717, 1.165) is 16.9 Å². The summed E-state index contributed by atoms with van der Waals surface area (Å²) in [6.45, 7) is 4.35. The van der Waals surface area contributed by atoms with Crippen molar-refractivity contribution < 1.29 is 17.6 Å². The molecule has 1 unspecified atom stereocenters. The smallest absolute Gasteiger partial charge is 0.244 e. The Labute approximate surface area is 192 Å². The first-order valence-electron chi connectivity index (χ1n) is 10.8. The van der Waals surface area contributed by atoms with Gasteiger partial charge in [-0.3, -0.25) is 9.78 Å². The van der Waals surface area contributed by atoms with E-state index in [-0.39, 0.29) is 41.7 Å². The van der Waals surface area contributed by atoms with Crippen LogP contribution in [0, 0.1) is 18.7 Å². The summed E-state index contributed by atoms with van der Waals surface area (Å²) in [5.74, 6) is -0.682. The van der Waals surface area contributed by atoms with E-state index in [2.05, 4.69) is 15.4 Å². The monoisotopic (exact) mass is 471 g/mol. The Bertz CT molecular complexity index is 1220. The van der Waals surface area contributed by atoms with Crippen LogP contribution in [0.3, 0.4) is 0 Å². The standard InChI is InChI=1S/C23H26FN5O3S/c1-16(22-15-26-29(17(22)2)20-7-5-19(24)6-8-20)27-23(30)18-9-12-28(13-10-18)33(31,32)21-4-3-11-25-14-21/h3-8,11,14-16,18H,9-10,12-13H2,1-2H3,(H,27,30). The Morgan fingerprint density at radius 1 is 1.15 bits per heavy atom. The molecule has 0 spiro atoms. The summed E-state index contributed by atoms with van der Waals surface area (Å²) in [6.07, 6.45) is 5.47. The summed E-state index contributed by atoms with van der Waals surface area (Å²) < 4.78 is 41.8. The highest BCUT2D eigenvalue weighted by atomic mass is 32.2. The molecule has 0 saturated carbocycles. The van der Waals surface area contributed by atoms with Gasteiger partial charge in [-0.2, -0.15) is 9.40 Å². The van der Waals surface area contributed by atoms with Crippen LogP contribution < -0.4 is 5.32 Å². The lowest BCUT2D eigenvalue weighted by Crippen LogP contribution is -2.43. The maximum atomic E-state index is 13.2. The van der Waals surface area contributed by atoms with Crippen LogP contribution in [0.1, 0.15) is 37.1 Å². The second kappa shape index (κ2) is 9.40. The second-order valence-corrected chi connectivity index (χ2v) is 10.1. The van der Waals surface area contributed by atoms with E-state index in [0.29, 0.717) is 12.8 Å². The number of amides is 1. The molecule has 3 aromatic rings. The van der Waals surface area contributed by atoms with Crippen molar-refractivity contribution in [3.8, 4) is 5.69 Å². The number of sulfonamides is 1. The average Bonchev–Trinajstić information content (AvgIpc) is 3.21. The molecule has 1 atom stereocenters. The lowest BCUT2D eigenvalue weighted by atomic mass is 9.96. The number of nitrogens with one attached hydrogen (secondary N) is 1. The fourth-order valence-corrected chi connectivity index (χ4v) is 5.54. The van der Waals surface area contributed by atoms with Gasteiger partial charge in [0.2, 0.25) is 15.9 Å². The van der Waals surface area contributed by atoms with Gasteiger partial charge in [0.25, 0.3) is 0 Å². The molecule has 1 amide bonds. The largest absolute Gasteiger partial charge is 0.349 e. The van der Waals surface area contributed by atoms with Gasteiger partial charge in [0, 0.05) is 42.7 Å². The summed E-state index contributed by atoms with van der Waals surface area (Å²) in [6, 6.07) is 8.89. The number of rotatable bonds is 6. The van der Waals surface area contributed by atoms with Gasteiger partial charge >= 0.3 is 0 Å². The summed E-state index contributed by atoms with van der Waals surface area (Å²) in [7, 11) is -3.60. The number of pyridine rings is 1. The van der Waals surface area contributed by atoms with Crippen LogP contribution in [0.4, 0.5) is 4.39 Å². The van der Waals surface area contributed by atoms with E-state index in [1.807, 2.05) is 13.8 Å². The number of benzene rings is 1. The molecule has 8 nitrogen and oxygen atoms in total. The third-order valence-electron chi connectivity index (χ3n) is 6.04. The van der Waals surface area contributed by atoms with E-state index in [4.69, 9.17) is 0 Å². The number of hydrogen-bond donors (Lipinski definition) is 1. The predicted molar refractivity (Wildman–Crippen MR) is 121 cm³/mol. The van der Waals surface area contributed by atoms with Crippen molar-refractivity contribution in [2.45, 2.75) is 37.6 Å². The van der Waals surface area contributed by atoms with Crippen LogP contribution in [0.2, 0.25) is 0 Å². The summed E-state index contributed by atoms with van der Waals surface area (Å²) >= 11 is 0. The van der Waals surface area contributed by atoms with Crippen molar-refractivity contribution in [1.82, 2.24) is 24.4 Å². The average molecular weight is 472 g/mol. The zero-order valence-electron chi connectivity index (χ0n) is 18.5. The Balaban J connectivity index is 1.37. The molecule has 10 heteroatoms. The number of aromatic nitrogens is 3. The number of piperidine rings is 1. The van der Waals surface area contributed by atoms with Crippen LogP contribution in [-0.2, 0) is 14.8 Å². The predicted octanol–water partition coefficient (Wildman–Crippen LogP) is 2.99. The lowest BCUT2D eigenvalue weighted by Gasteiger charge is -2.31. The molecule has 3 heterocycles. The molecular weight excluding hydrogens is 445 g/mol. The molecule has 1 fully saturated rings. The Morgan fingerprint density at radius 3 is 2.48 bits per heavy atom. The molecule has 1 aromatic carbocycles. The van der Waals surface area contributed by atoms with Crippen LogP contribution in [-0.4, -0.2) is 46.5 Å². The van der Waals surface area contributed by atoms with Crippen LogP contribution >= 0.6 is 0 Å². The van der Waals surface area contributed by atoms with Gasteiger partial charge in [0.15, 0.2) is 0 Å². The molecule has 0 radical (unpaired) electrons. The summed E-state index contributed by atoms with van der Waals surface area (Å²) in [4.78, 5) is 16.9. The van der Waals surface area contributed by atoms with Gasteiger partial charge in [0.05, 0.1) is 17.9 Å². The molecule has 1 saturated heterocycles. The quantitative estimate of drug-likeness (QED) is 0.596. The first-order chi connectivity index (χ1) is 15.8. The molecule has 174 valence electrons. The van der Waals surface area contributed by atoms with Gasteiger partial charge in [-0.1, -0.05) is 0 Å². The molecule has 1 aliphatic rings. The Morgan fingerprint density at radius 2 is 1.85 bits per heavy atom.